The summed E-state index contributed by atoms with van der Waals surface area (Å²) >= 11 is 0. The van der Waals surface area contributed by atoms with Gasteiger partial charge in [0.1, 0.15) is 6.26 Å². The van der Waals surface area contributed by atoms with Crippen molar-refractivity contribution in [3.8, 4) is 0 Å². The molecule has 0 bridgehead atoms. The van der Waals surface area contributed by atoms with Crippen LogP contribution in [0.15, 0.2) is 10.7 Å². The average Bonchev–Trinajstić information content (AvgIpc) is 2.78. The lowest BCUT2D eigenvalue weighted by atomic mass is 10.2. The van der Waals surface area contributed by atoms with Crippen LogP contribution in [0.2, 0.25) is 0 Å². The highest BCUT2D eigenvalue weighted by molar-refractivity contribution is 5.87. The molecule has 0 saturated carbocycles. The molecular weight excluding hydrogens is 224 g/mol. The second kappa shape index (κ2) is 6.90. The van der Waals surface area contributed by atoms with Crippen molar-refractivity contribution < 1.29 is 19.1 Å². The van der Waals surface area contributed by atoms with Crippen LogP contribution in [-0.2, 0) is 4.74 Å². The van der Waals surface area contributed by atoms with Crippen molar-refractivity contribution in [1.29, 1.82) is 0 Å². The monoisotopic (exact) mass is 242 g/mol. The Morgan fingerprint density at radius 3 is 3.06 bits per heavy atom. The Morgan fingerprint density at radius 1 is 1.65 bits per heavy atom. The molecule has 1 unspecified atom stereocenters. The first-order valence-electron chi connectivity index (χ1n) is 5.72. The molecule has 1 rings (SSSR count). The van der Waals surface area contributed by atoms with Crippen LogP contribution >= 0.6 is 0 Å². The highest BCUT2D eigenvalue weighted by Crippen LogP contribution is 2.09. The summed E-state index contributed by atoms with van der Waals surface area (Å²) in [5, 5.41) is 12.2. The largest absolute Gasteiger partial charge is 0.461 e. The first kappa shape index (κ1) is 13.5. The lowest BCUT2D eigenvalue weighted by molar-refractivity contribution is 0.0519. The molecule has 0 aromatic carbocycles. The van der Waals surface area contributed by atoms with Gasteiger partial charge in [-0.2, -0.15) is 4.98 Å². The number of oxazole rings is 1. The van der Waals surface area contributed by atoms with Gasteiger partial charge in [-0.25, -0.2) is 4.79 Å². The van der Waals surface area contributed by atoms with Crippen molar-refractivity contribution in [3.05, 3.63) is 12.0 Å². The standard InChI is InChI=1S/C11H18N2O4/c1-3-8(14)5-6-12-11-13-9(7-17-11)10(15)16-4-2/h7-8,14H,3-6H2,1-2H3,(H,12,13). The van der Waals surface area contributed by atoms with E-state index >= 15 is 0 Å². The molecule has 96 valence electrons. The minimum absolute atomic E-state index is 0.144. The van der Waals surface area contributed by atoms with Gasteiger partial charge in [-0.05, 0) is 19.8 Å². The summed E-state index contributed by atoms with van der Waals surface area (Å²) in [5.41, 5.74) is 0.144. The maximum atomic E-state index is 11.3. The molecule has 0 amide bonds. The van der Waals surface area contributed by atoms with Gasteiger partial charge in [-0.15, -0.1) is 0 Å². The Balaban J connectivity index is 2.38. The SMILES string of the molecule is CCOC(=O)c1coc(NCCC(O)CC)n1. The number of rotatable bonds is 7. The fourth-order valence-corrected chi connectivity index (χ4v) is 1.20. The van der Waals surface area contributed by atoms with E-state index < -0.39 is 5.97 Å². The average molecular weight is 242 g/mol. The molecule has 1 atom stereocenters. The molecule has 0 saturated heterocycles. The number of carbonyl (C=O) groups is 1. The Labute approximate surface area is 100.0 Å². The topological polar surface area (TPSA) is 84.6 Å². The molecular formula is C11H18N2O4. The Bertz CT molecular complexity index is 351. The Kier molecular flexibility index (Phi) is 5.48. The number of nitrogens with zero attached hydrogens (tertiary/aromatic N) is 1. The van der Waals surface area contributed by atoms with E-state index in [4.69, 9.17) is 9.15 Å². The molecule has 17 heavy (non-hydrogen) atoms. The van der Waals surface area contributed by atoms with Gasteiger partial charge >= 0.3 is 5.97 Å². The number of ether oxygens (including phenoxy) is 1. The predicted octanol–water partition coefficient (Wildman–Crippen LogP) is 1.42. The first-order valence-corrected chi connectivity index (χ1v) is 5.72. The van der Waals surface area contributed by atoms with Gasteiger partial charge in [0.25, 0.3) is 6.01 Å². The van der Waals surface area contributed by atoms with Crippen LogP contribution in [0.5, 0.6) is 0 Å². The van der Waals surface area contributed by atoms with E-state index in [1.165, 1.54) is 6.26 Å². The molecule has 0 aliphatic carbocycles. The normalized spacial score (nSPS) is 12.2. The quantitative estimate of drug-likeness (QED) is 0.703. The number of anilines is 1. The molecule has 0 fully saturated rings. The van der Waals surface area contributed by atoms with Crippen molar-refractivity contribution in [2.75, 3.05) is 18.5 Å². The summed E-state index contributed by atoms with van der Waals surface area (Å²) in [6.07, 6.45) is 2.23. The van der Waals surface area contributed by atoms with Gasteiger partial charge in [0.05, 0.1) is 12.7 Å². The second-order valence-corrected chi connectivity index (χ2v) is 3.54. The zero-order valence-corrected chi connectivity index (χ0v) is 10.1. The van der Waals surface area contributed by atoms with E-state index in [2.05, 4.69) is 10.3 Å². The second-order valence-electron chi connectivity index (χ2n) is 3.54. The van der Waals surface area contributed by atoms with E-state index in [-0.39, 0.29) is 17.8 Å². The summed E-state index contributed by atoms with van der Waals surface area (Å²) in [7, 11) is 0. The van der Waals surface area contributed by atoms with Gasteiger partial charge in [0, 0.05) is 6.54 Å². The van der Waals surface area contributed by atoms with Crippen molar-refractivity contribution in [2.45, 2.75) is 32.8 Å². The lowest BCUT2D eigenvalue weighted by Gasteiger charge is -2.06. The summed E-state index contributed by atoms with van der Waals surface area (Å²) in [5.74, 6) is -0.502. The number of aliphatic hydroxyl groups excluding tert-OH is 1. The first-order chi connectivity index (χ1) is 8.17. The van der Waals surface area contributed by atoms with Crippen LogP contribution in [-0.4, -0.2) is 35.3 Å². The number of aromatic nitrogens is 1. The zero-order chi connectivity index (χ0) is 12.7. The highest BCUT2D eigenvalue weighted by atomic mass is 16.5. The fraction of sp³-hybridized carbons (Fsp3) is 0.636. The van der Waals surface area contributed by atoms with Crippen molar-refractivity contribution in [3.63, 3.8) is 0 Å². The Hall–Kier alpha value is -1.56. The molecule has 0 aliphatic heterocycles. The number of carbonyl (C=O) groups excluding carboxylic acids is 1. The molecule has 1 aromatic heterocycles. The number of nitrogens with one attached hydrogen (secondary N) is 1. The minimum Gasteiger partial charge on any atom is -0.461 e. The lowest BCUT2D eigenvalue weighted by Crippen LogP contribution is -2.12. The van der Waals surface area contributed by atoms with Crippen molar-refractivity contribution in [1.82, 2.24) is 4.98 Å². The third-order valence-corrected chi connectivity index (χ3v) is 2.21. The summed E-state index contributed by atoms with van der Waals surface area (Å²) < 4.78 is 9.82. The third kappa shape index (κ3) is 4.44. The van der Waals surface area contributed by atoms with Gasteiger partial charge in [-0.1, -0.05) is 6.92 Å². The van der Waals surface area contributed by atoms with Crippen LogP contribution in [0, 0.1) is 0 Å². The van der Waals surface area contributed by atoms with Gasteiger partial charge in [0.2, 0.25) is 0 Å². The number of esters is 1. The summed E-state index contributed by atoms with van der Waals surface area (Å²) in [4.78, 5) is 15.2. The third-order valence-electron chi connectivity index (χ3n) is 2.21. The molecule has 2 N–H and O–H groups in total. The van der Waals surface area contributed by atoms with Crippen LogP contribution in [0.4, 0.5) is 6.01 Å². The molecule has 0 radical (unpaired) electrons. The van der Waals surface area contributed by atoms with E-state index in [1.54, 1.807) is 6.92 Å². The minimum atomic E-state index is -0.502. The smallest absolute Gasteiger partial charge is 0.360 e. The predicted molar refractivity (Wildman–Crippen MR) is 61.9 cm³/mol. The highest BCUT2D eigenvalue weighted by Gasteiger charge is 2.12. The maximum absolute atomic E-state index is 11.3. The molecule has 1 heterocycles. The van der Waals surface area contributed by atoms with Gasteiger partial charge in [0.15, 0.2) is 5.69 Å². The molecule has 0 spiro atoms. The van der Waals surface area contributed by atoms with E-state index in [9.17, 15) is 9.90 Å². The number of aliphatic hydroxyl groups is 1. The van der Waals surface area contributed by atoms with Crippen LogP contribution in [0.3, 0.4) is 0 Å². The van der Waals surface area contributed by atoms with E-state index in [1.807, 2.05) is 6.92 Å². The molecule has 6 nitrogen and oxygen atoms in total. The van der Waals surface area contributed by atoms with E-state index in [0.717, 1.165) is 0 Å². The molecule has 6 heteroatoms. The van der Waals surface area contributed by atoms with Gasteiger partial charge in [-0.3, -0.25) is 0 Å². The summed E-state index contributed by atoms with van der Waals surface area (Å²) in [6, 6.07) is 0.261. The van der Waals surface area contributed by atoms with E-state index in [0.29, 0.717) is 26.0 Å². The number of hydrogen-bond acceptors (Lipinski definition) is 6. The van der Waals surface area contributed by atoms with Crippen LogP contribution in [0.1, 0.15) is 37.2 Å². The molecule has 1 aromatic rings. The molecule has 0 aliphatic rings. The zero-order valence-electron chi connectivity index (χ0n) is 10.1. The van der Waals surface area contributed by atoms with Crippen molar-refractivity contribution in [2.24, 2.45) is 0 Å². The van der Waals surface area contributed by atoms with Crippen LogP contribution in [0.25, 0.3) is 0 Å². The summed E-state index contributed by atoms with van der Waals surface area (Å²) in [6.45, 7) is 4.48. The fourth-order valence-electron chi connectivity index (χ4n) is 1.20. The Morgan fingerprint density at radius 2 is 2.41 bits per heavy atom. The van der Waals surface area contributed by atoms with Crippen LogP contribution < -0.4 is 5.32 Å². The number of hydrogen-bond donors (Lipinski definition) is 2. The maximum Gasteiger partial charge on any atom is 0.360 e. The van der Waals surface area contributed by atoms with Gasteiger partial charge < -0.3 is 19.6 Å². The van der Waals surface area contributed by atoms with Crippen molar-refractivity contribution >= 4 is 12.0 Å².